The fourth-order valence-corrected chi connectivity index (χ4v) is 4.40. The number of carboxylic acids is 1. The maximum absolute atomic E-state index is 12.9. The lowest BCUT2D eigenvalue weighted by molar-refractivity contribution is -0.192. The fraction of sp³-hybridized carbons (Fsp3) is 0.167. The lowest BCUT2D eigenvalue weighted by Gasteiger charge is -2.16. The number of thiophene rings is 1. The molecule has 1 aromatic heterocycles. The monoisotopic (exact) mass is 552 g/mol. The molecule has 0 aliphatic carbocycles. The molecule has 0 bridgehead atoms. The molecule has 0 radical (unpaired) electrons. The Labute approximate surface area is 218 Å². The summed E-state index contributed by atoms with van der Waals surface area (Å²) in [6, 6.07) is 16.4. The number of carbonyl (C=O) groups excluding carboxylic acids is 2. The highest BCUT2D eigenvalue weighted by molar-refractivity contribution is 7.18. The van der Waals surface area contributed by atoms with E-state index >= 15 is 0 Å². The number of nitrogens with one attached hydrogen (secondary N) is 2. The van der Waals surface area contributed by atoms with Gasteiger partial charge in [-0.05, 0) is 35.4 Å². The second-order valence-corrected chi connectivity index (χ2v) is 9.59. The molecule has 2 heterocycles. The molecule has 8 nitrogen and oxygen atoms in total. The molecule has 0 unspecified atom stereocenters. The summed E-state index contributed by atoms with van der Waals surface area (Å²) in [4.78, 5) is 36.6. The predicted octanol–water partition coefficient (Wildman–Crippen LogP) is 4.92. The third kappa shape index (κ3) is 7.30. The number of halogens is 4. The molecule has 0 saturated carbocycles. The maximum atomic E-state index is 12.9. The summed E-state index contributed by atoms with van der Waals surface area (Å²) in [5.41, 5.74) is 9.44. The Hall–Kier alpha value is -3.90. The molecule has 5 N–H and O–H groups in total. The third-order valence-corrected chi connectivity index (χ3v) is 6.35. The molecule has 0 spiro atoms. The van der Waals surface area contributed by atoms with E-state index in [9.17, 15) is 22.8 Å². The topological polar surface area (TPSA) is 137 Å². The fourth-order valence-electron chi connectivity index (χ4n) is 3.46. The number of carboxylic acid groups (broad SMARTS) is 1. The summed E-state index contributed by atoms with van der Waals surface area (Å²) < 4.78 is 32.3. The first-order valence-electron chi connectivity index (χ1n) is 10.5. The van der Waals surface area contributed by atoms with Crippen LogP contribution in [0.5, 0.6) is 0 Å². The van der Waals surface area contributed by atoms with Crippen LogP contribution < -0.4 is 11.1 Å². The number of benzene rings is 2. The maximum Gasteiger partial charge on any atom is 0.490 e. The van der Waals surface area contributed by atoms with Crippen molar-refractivity contribution in [3.63, 3.8) is 0 Å². The van der Waals surface area contributed by atoms with Crippen molar-refractivity contribution in [1.82, 2.24) is 4.90 Å². The van der Waals surface area contributed by atoms with Crippen molar-refractivity contribution in [2.24, 2.45) is 5.73 Å². The normalized spacial score (nSPS) is 12.4. The zero-order chi connectivity index (χ0) is 27.3. The highest BCUT2D eigenvalue weighted by atomic mass is 35.5. The quantitative estimate of drug-likeness (QED) is 0.254. The summed E-state index contributed by atoms with van der Waals surface area (Å²) in [5, 5.41) is 17.4. The first kappa shape index (κ1) is 27.7. The third-order valence-electron chi connectivity index (χ3n) is 5.12. The van der Waals surface area contributed by atoms with Gasteiger partial charge in [0.1, 0.15) is 0 Å². The van der Waals surface area contributed by atoms with Crippen LogP contribution in [0.15, 0.2) is 54.6 Å². The van der Waals surface area contributed by atoms with Crippen molar-refractivity contribution >= 4 is 52.2 Å². The molecule has 1 aliphatic rings. The van der Waals surface area contributed by atoms with Crippen LogP contribution in [0, 0.1) is 5.41 Å². The molecule has 3 aromatic rings. The number of rotatable bonds is 6. The van der Waals surface area contributed by atoms with Gasteiger partial charge in [0.05, 0.1) is 15.0 Å². The zero-order valence-electron chi connectivity index (χ0n) is 18.9. The van der Waals surface area contributed by atoms with E-state index in [2.05, 4.69) is 5.32 Å². The van der Waals surface area contributed by atoms with Gasteiger partial charge in [0.25, 0.3) is 11.8 Å². The first-order chi connectivity index (χ1) is 17.3. The Morgan fingerprint density at radius 1 is 1.11 bits per heavy atom. The van der Waals surface area contributed by atoms with E-state index in [4.69, 9.17) is 32.6 Å². The standard InChI is InChI=1S/C22H19ClN4O2S.C2HF3O2/c23-19-9-8-18(30-19)21(28)26-17-3-1-2-15-16(17)12-27(22(15)29)11-14-6-4-13(5-7-14)10-20(24)25;3-2(4,5)1(6)7/h1-9H,10-12H2,(H3,24,25)(H,26,28);(H,6,7). The average molecular weight is 553 g/mol. The average Bonchev–Trinajstić information content (AvgIpc) is 3.39. The highest BCUT2D eigenvalue weighted by Crippen LogP contribution is 2.31. The number of anilines is 1. The van der Waals surface area contributed by atoms with Gasteiger partial charge in [0, 0.05) is 36.3 Å². The number of hydrogen-bond acceptors (Lipinski definition) is 5. The number of hydrogen-bond donors (Lipinski definition) is 4. The van der Waals surface area contributed by atoms with Crippen LogP contribution in [-0.4, -0.2) is 39.8 Å². The van der Waals surface area contributed by atoms with Gasteiger partial charge in [-0.3, -0.25) is 15.0 Å². The van der Waals surface area contributed by atoms with Crippen LogP contribution in [-0.2, 0) is 24.3 Å². The largest absolute Gasteiger partial charge is 0.490 e. The minimum atomic E-state index is -5.08. The molecular weight excluding hydrogens is 533 g/mol. The van der Waals surface area contributed by atoms with E-state index in [0.717, 1.165) is 16.7 Å². The number of carbonyl (C=O) groups is 3. The van der Waals surface area contributed by atoms with Crippen molar-refractivity contribution in [3.05, 3.63) is 86.1 Å². The zero-order valence-corrected chi connectivity index (χ0v) is 20.5. The van der Waals surface area contributed by atoms with E-state index in [1.165, 1.54) is 11.3 Å². The second-order valence-electron chi connectivity index (χ2n) is 7.87. The van der Waals surface area contributed by atoms with Gasteiger partial charge in [-0.15, -0.1) is 11.3 Å². The summed E-state index contributed by atoms with van der Waals surface area (Å²) in [6.07, 6.45) is -4.67. The minimum absolute atomic E-state index is 0.0620. The molecule has 13 heteroatoms. The Kier molecular flexibility index (Phi) is 8.56. The first-order valence-corrected chi connectivity index (χ1v) is 11.7. The number of amidine groups is 1. The molecule has 2 aromatic carbocycles. The van der Waals surface area contributed by atoms with Crippen LogP contribution >= 0.6 is 22.9 Å². The van der Waals surface area contributed by atoms with Crippen LogP contribution in [0.4, 0.5) is 18.9 Å². The van der Waals surface area contributed by atoms with Gasteiger partial charge < -0.3 is 21.1 Å². The number of nitrogens with two attached hydrogens (primary N) is 1. The van der Waals surface area contributed by atoms with Gasteiger partial charge in [-0.1, -0.05) is 41.9 Å². The number of amides is 2. The van der Waals surface area contributed by atoms with Crippen molar-refractivity contribution in [1.29, 1.82) is 5.41 Å². The second kappa shape index (κ2) is 11.4. The summed E-state index contributed by atoms with van der Waals surface area (Å²) in [7, 11) is 0. The molecule has 0 saturated heterocycles. The molecule has 37 heavy (non-hydrogen) atoms. The van der Waals surface area contributed by atoms with E-state index in [-0.39, 0.29) is 17.6 Å². The van der Waals surface area contributed by atoms with Crippen LogP contribution in [0.1, 0.15) is 36.7 Å². The minimum Gasteiger partial charge on any atom is -0.475 e. The van der Waals surface area contributed by atoms with Gasteiger partial charge in [-0.2, -0.15) is 13.2 Å². The molecule has 194 valence electrons. The number of aliphatic carboxylic acids is 1. The Bertz CT molecular complexity index is 1340. The molecule has 1 aliphatic heterocycles. The SMILES string of the molecule is N=C(N)Cc1ccc(CN2Cc3c(NC(=O)c4ccc(Cl)s4)cccc3C2=O)cc1.O=C(O)C(F)(F)F. The summed E-state index contributed by atoms with van der Waals surface area (Å²) in [5.74, 6) is -2.94. The van der Waals surface area contributed by atoms with E-state index in [0.29, 0.717) is 40.0 Å². The van der Waals surface area contributed by atoms with Crippen LogP contribution in [0.2, 0.25) is 4.34 Å². The van der Waals surface area contributed by atoms with Gasteiger partial charge in [-0.25, -0.2) is 4.79 Å². The summed E-state index contributed by atoms with van der Waals surface area (Å²) >= 11 is 7.13. The Morgan fingerprint density at radius 3 is 2.27 bits per heavy atom. The number of nitrogens with zero attached hydrogens (tertiary/aromatic N) is 1. The van der Waals surface area contributed by atoms with Gasteiger partial charge in [0.2, 0.25) is 0 Å². The lowest BCUT2D eigenvalue weighted by atomic mass is 10.1. The van der Waals surface area contributed by atoms with E-state index in [1.54, 1.807) is 35.2 Å². The molecule has 0 atom stereocenters. The number of fused-ring (bicyclic) bond motifs is 1. The van der Waals surface area contributed by atoms with Gasteiger partial charge >= 0.3 is 12.1 Å². The predicted molar refractivity (Wildman–Crippen MR) is 133 cm³/mol. The van der Waals surface area contributed by atoms with Crippen molar-refractivity contribution in [2.45, 2.75) is 25.7 Å². The van der Waals surface area contributed by atoms with Crippen molar-refractivity contribution < 1.29 is 32.7 Å². The van der Waals surface area contributed by atoms with Crippen molar-refractivity contribution in [3.8, 4) is 0 Å². The lowest BCUT2D eigenvalue weighted by Crippen LogP contribution is -2.23. The molecular formula is C24H20ClF3N4O4S. The molecule has 2 amide bonds. The summed E-state index contributed by atoms with van der Waals surface area (Å²) in [6.45, 7) is 0.882. The van der Waals surface area contributed by atoms with E-state index < -0.39 is 12.1 Å². The van der Waals surface area contributed by atoms with Crippen LogP contribution in [0.25, 0.3) is 0 Å². The Balaban J connectivity index is 0.000000479. The van der Waals surface area contributed by atoms with Crippen molar-refractivity contribution in [2.75, 3.05) is 5.32 Å². The van der Waals surface area contributed by atoms with E-state index in [1.807, 2.05) is 24.3 Å². The molecule has 4 rings (SSSR count). The molecule has 0 fully saturated rings. The number of alkyl halides is 3. The smallest absolute Gasteiger partial charge is 0.475 e. The highest BCUT2D eigenvalue weighted by Gasteiger charge is 2.38. The van der Waals surface area contributed by atoms with Crippen LogP contribution in [0.3, 0.4) is 0 Å². The van der Waals surface area contributed by atoms with Gasteiger partial charge in [0.15, 0.2) is 0 Å². The Morgan fingerprint density at radius 2 is 1.73 bits per heavy atom.